The summed E-state index contributed by atoms with van der Waals surface area (Å²) >= 11 is 0. The van der Waals surface area contributed by atoms with E-state index in [1.54, 1.807) is 10.9 Å². The van der Waals surface area contributed by atoms with Crippen molar-refractivity contribution in [1.82, 2.24) is 20.0 Å². The Morgan fingerprint density at radius 3 is 2.65 bits per heavy atom. The Hall–Kier alpha value is -1.77. The normalized spacial score (nSPS) is 18.0. The lowest BCUT2D eigenvalue weighted by atomic mass is 9.91. The van der Waals surface area contributed by atoms with E-state index in [2.05, 4.69) is 10.4 Å². The molecule has 0 radical (unpaired) electrons. The molecule has 0 bridgehead atoms. The Balaban J connectivity index is 1.71. The smallest absolute Gasteiger partial charge is 0.383 e. The Morgan fingerprint density at radius 1 is 1.48 bits per heavy atom. The zero-order valence-corrected chi connectivity index (χ0v) is 12.9. The maximum absolute atomic E-state index is 12.5. The molecule has 1 aromatic rings. The fourth-order valence-electron chi connectivity index (χ4n) is 2.71. The van der Waals surface area contributed by atoms with Crippen LogP contribution in [0.4, 0.5) is 18.0 Å². The maximum Gasteiger partial charge on any atom is 0.414 e. The number of halogens is 3. The number of piperidine rings is 1. The largest absolute Gasteiger partial charge is 0.414 e. The van der Waals surface area contributed by atoms with Crippen LogP contribution in [0.3, 0.4) is 0 Å². The van der Waals surface area contributed by atoms with Gasteiger partial charge in [0.2, 0.25) is 0 Å². The summed E-state index contributed by atoms with van der Waals surface area (Å²) in [5.74, 6) is -0.838. The van der Waals surface area contributed by atoms with Crippen molar-refractivity contribution in [1.29, 1.82) is 0 Å². The molecule has 6 nitrogen and oxygen atoms in total. The van der Waals surface area contributed by atoms with Gasteiger partial charge in [-0.1, -0.05) is 0 Å². The topological polar surface area (TPSA) is 70.4 Å². The van der Waals surface area contributed by atoms with E-state index in [0.29, 0.717) is 13.0 Å². The highest BCUT2D eigenvalue weighted by Crippen LogP contribution is 2.31. The van der Waals surface area contributed by atoms with E-state index in [1.807, 2.05) is 13.2 Å². The lowest BCUT2D eigenvalue weighted by Gasteiger charge is -2.34. The molecule has 0 aromatic carbocycles. The molecule has 1 atom stereocenters. The minimum absolute atomic E-state index is 0.150. The van der Waals surface area contributed by atoms with Crippen LogP contribution in [0, 0.1) is 5.92 Å². The van der Waals surface area contributed by atoms with Crippen molar-refractivity contribution in [3.8, 4) is 0 Å². The predicted molar refractivity (Wildman–Crippen MR) is 76.7 cm³/mol. The number of nitrogens with one attached hydrogen (secondary N) is 1. The first kappa shape index (κ1) is 17.6. The van der Waals surface area contributed by atoms with Gasteiger partial charge in [0.05, 0.1) is 6.20 Å². The molecule has 1 aromatic heterocycles. The summed E-state index contributed by atoms with van der Waals surface area (Å²) in [5, 5.41) is 16.0. The van der Waals surface area contributed by atoms with E-state index < -0.39 is 18.2 Å². The van der Waals surface area contributed by atoms with Crippen molar-refractivity contribution in [2.75, 3.05) is 19.6 Å². The van der Waals surface area contributed by atoms with Crippen LogP contribution in [-0.2, 0) is 13.5 Å². The standard InChI is InChI=1S/C14H21F3N4O2/c1-20-9-10(8-19-20)2-5-18-13(23)21-6-3-11(4-7-21)12(22)14(15,16)17/h8-9,11-12,22H,2-7H2,1H3,(H,18,23)/t12-/m0/s1. The highest BCUT2D eigenvalue weighted by atomic mass is 19.4. The summed E-state index contributed by atoms with van der Waals surface area (Å²) in [4.78, 5) is 13.5. The van der Waals surface area contributed by atoms with Gasteiger partial charge in [-0.15, -0.1) is 0 Å². The number of alkyl halides is 3. The van der Waals surface area contributed by atoms with Crippen molar-refractivity contribution in [3.63, 3.8) is 0 Å². The molecule has 9 heteroatoms. The third kappa shape index (κ3) is 4.85. The van der Waals surface area contributed by atoms with Gasteiger partial charge in [0.1, 0.15) is 0 Å². The van der Waals surface area contributed by atoms with Crippen LogP contribution in [0.1, 0.15) is 18.4 Å². The van der Waals surface area contributed by atoms with Gasteiger partial charge in [0.15, 0.2) is 6.10 Å². The Bertz CT molecular complexity index is 524. The second kappa shape index (κ2) is 7.20. The van der Waals surface area contributed by atoms with Crippen molar-refractivity contribution in [2.45, 2.75) is 31.5 Å². The Kier molecular flexibility index (Phi) is 5.51. The summed E-state index contributed by atoms with van der Waals surface area (Å²) in [6.45, 7) is 0.878. The van der Waals surface area contributed by atoms with Gasteiger partial charge in [-0.3, -0.25) is 4.68 Å². The quantitative estimate of drug-likeness (QED) is 0.872. The molecule has 130 valence electrons. The molecule has 1 fully saturated rings. The van der Waals surface area contributed by atoms with Crippen LogP contribution in [0.5, 0.6) is 0 Å². The van der Waals surface area contributed by atoms with E-state index >= 15 is 0 Å². The summed E-state index contributed by atoms with van der Waals surface area (Å²) in [6, 6.07) is -0.283. The van der Waals surface area contributed by atoms with Crippen LogP contribution in [-0.4, -0.2) is 57.7 Å². The zero-order chi connectivity index (χ0) is 17.0. The number of aromatic nitrogens is 2. The lowest BCUT2D eigenvalue weighted by Crippen LogP contribution is -2.48. The molecule has 2 rings (SSSR count). The van der Waals surface area contributed by atoms with E-state index in [-0.39, 0.29) is 32.0 Å². The van der Waals surface area contributed by atoms with Crippen LogP contribution in [0.15, 0.2) is 12.4 Å². The van der Waals surface area contributed by atoms with Gasteiger partial charge in [-0.2, -0.15) is 18.3 Å². The predicted octanol–water partition coefficient (Wildman–Crippen LogP) is 1.31. The Labute approximate surface area is 132 Å². The molecule has 1 saturated heterocycles. The second-order valence-corrected chi connectivity index (χ2v) is 5.82. The van der Waals surface area contributed by atoms with Gasteiger partial charge >= 0.3 is 12.2 Å². The summed E-state index contributed by atoms with van der Waals surface area (Å²) in [7, 11) is 1.81. The fraction of sp³-hybridized carbons (Fsp3) is 0.714. The Morgan fingerprint density at radius 2 is 2.13 bits per heavy atom. The number of likely N-dealkylation sites (tertiary alicyclic amines) is 1. The van der Waals surface area contributed by atoms with Gasteiger partial charge in [-0.05, 0) is 30.7 Å². The number of urea groups is 1. The molecule has 0 aliphatic carbocycles. The van der Waals surface area contributed by atoms with E-state index in [1.165, 1.54) is 4.90 Å². The first-order chi connectivity index (χ1) is 10.8. The van der Waals surface area contributed by atoms with Crippen LogP contribution in [0.25, 0.3) is 0 Å². The number of carbonyl (C=O) groups excluding carboxylic acids is 1. The van der Waals surface area contributed by atoms with Gasteiger partial charge in [0.25, 0.3) is 0 Å². The molecular formula is C14H21F3N4O2. The van der Waals surface area contributed by atoms with E-state index in [0.717, 1.165) is 5.56 Å². The highest BCUT2D eigenvalue weighted by Gasteiger charge is 2.44. The molecule has 23 heavy (non-hydrogen) atoms. The molecular weight excluding hydrogens is 313 g/mol. The zero-order valence-electron chi connectivity index (χ0n) is 12.9. The number of hydrogen-bond donors (Lipinski definition) is 2. The third-order valence-corrected chi connectivity index (χ3v) is 4.06. The molecule has 0 saturated carbocycles. The minimum atomic E-state index is -4.60. The fourth-order valence-corrected chi connectivity index (χ4v) is 2.71. The molecule has 2 amide bonds. The average molecular weight is 334 g/mol. The SMILES string of the molecule is Cn1cc(CCNC(=O)N2CCC([C@H](O)C(F)(F)F)CC2)cn1. The summed E-state index contributed by atoms with van der Waals surface area (Å²) in [6.07, 6.45) is -2.39. The summed E-state index contributed by atoms with van der Waals surface area (Å²) in [5.41, 5.74) is 1.000. The van der Waals surface area contributed by atoms with Crippen LogP contribution >= 0.6 is 0 Å². The number of aliphatic hydroxyl groups is 1. The number of hydrogen-bond acceptors (Lipinski definition) is 3. The number of rotatable bonds is 4. The van der Waals surface area contributed by atoms with Crippen molar-refractivity contribution >= 4 is 6.03 Å². The molecule has 1 aliphatic rings. The second-order valence-electron chi connectivity index (χ2n) is 5.82. The van der Waals surface area contributed by atoms with Gasteiger partial charge < -0.3 is 15.3 Å². The molecule has 1 aliphatic heterocycles. The minimum Gasteiger partial charge on any atom is -0.383 e. The maximum atomic E-state index is 12.5. The first-order valence-corrected chi connectivity index (χ1v) is 7.52. The average Bonchev–Trinajstić information content (AvgIpc) is 2.91. The molecule has 0 spiro atoms. The number of carbonyl (C=O) groups is 1. The lowest BCUT2D eigenvalue weighted by molar-refractivity contribution is -0.222. The van der Waals surface area contributed by atoms with Crippen molar-refractivity contribution < 1.29 is 23.1 Å². The third-order valence-electron chi connectivity index (χ3n) is 4.06. The van der Waals surface area contributed by atoms with E-state index in [9.17, 15) is 23.1 Å². The monoisotopic (exact) mass is 334 g/mol. The van der Waals surface area contributed by atoms with Gasteiger partial charge in [-0.25, -0.2) is 4.79 Å². The van der Waals surface area contributed by atoms with Crippen LogP contribution in [0.2, 0.25) is 0 Å². The molecule has 0 unspecified atom stereocenters. The van der Waals surface area contributed by atoms with Crippen molar-refractivity contribution in [3.05, 3.63) is 18.0 Å². The van der Waals surface area contributed by atoms with Crippen LogP contribution < -0.4 is 5.32 Å². The number of aryl methyl sites for hydroxylation is 1. The number of nitrogens with zero attached hydrogens (tertiary/aromatic N) is 3. The summed E-state index contributed by atoms with van der Waals surface area (Å²) < 4.78 is 39.1. The van der Waals surface area contributed by atoms with Crippen molar-refractivity contribution in [2.24, 2.45) is 13.0 Å². The first-order valence-electron chi connectivity index (χ1n) is 7.52. The molecule has 2 heterocycles. The number of amides is 2. The van der Waals surface area contributed by atoms with Gasteiger partial charge in [0, 0.05) is 32.9 Å². The number of aliphatic hydroxyl groups excluding tert-OH is 1. The van der Waals surface area contributed by atoms with E-state index in [4.69, 9.17) is 0 Å². The molecule has 2 N–H and O–H groups in total. The highest BCUT2D eigenvalue weighted by molar-refractivity contribution is 5.74.